The van der Waals surface area contributed by atoms with Crippen LogP contribution in [-0.2, 0) is 239 Å². The zero-order valence-electron chi connectivity index (χ0n) is 97.0. The summed E-state index contributed by atoms with van der Waals surface area (Å²) in [6.07, 6.45) is 1.82. The number of hydrogen-bond acceptors (Lipinski definition) is 24. The number of carbonyl (C=O) groups excluding carboxylic acids is 4. The number of ether oxygens (including phenoxy) is 2. The fourth-order valence-electron chi connectivity index (χ4n) is 17.6. The summed E-state index contributed by atoms with van der Waals surface area (Å²) in [6, 6.07) is 25.7. The largest absolute Gasteiger partial charge is 3.00 e. The number of hydrogen-bond donors (Lipinski definition) is 15. The quantitative estimate of drug-likeness (QED) is 0.0382. The van der Waals surface area contributed by atoms with Gasteiger partial charge >= 0.3 is 117 Å². The number of carbonyl (C=O) groups is 2. The van der Waals surface area contributed by atoms with Crippen LogP contribution in [0.5, 0.6) is 34.5 Å². The van der Waals surface area contributed by atoms with Crippen molar-refractivity contribution in [2.24, 2.45) is 27.1 Å². The number of aromatic hydroxyl groups is 6. The second-order valence-electron chi connectivity index (χ2n) is 48.6. The molecular formula is C117H198N12Ni6O12+12. The average Bonchev–Trinajstić information content (AvgIpc) is 1.21. The summed E-state index contributed by atoms with van der Waals surface area (Å²) in [6.45, 7) is 82.3. The first-order chi connectivity index (χ1) is 62.4. The maximum Gasteiger partial charge on any atom is 3.00 e. The molecule has 6 radical (unpaired) electrons. The molecule has 0 amide bonds. The van der Waals surface area contributed by atoms with Gasteiger partial charge in [-0.1, -0.05) is 274 Å². The molecule has 6 aromatic carbocycles. The zero-order valence-corrected chi connectivity index (χ0v) is 103. The molecule has 0 atom stereocenters. The van der Waals surface area contributed by atoms with Gasteiger partial charge in [-0.3, -0.25) is 24.3 Å². The van der Waals surface area contributed by atoms with E-state index in [2.05, 4.69) is 336 Å². The fraction of sp³-hybridized carbons (Fsp3) is 0.615. The third-order valence-electron chi connectivity index (χ3n) is 25.7. The fourth-order valence-corrected chi connectivity index (χ4v) is 17.6. The number of benzene rings is 6. The van der Waals surface area contributed by atoms with Crippen LogP contribution in [0.3, 0.4) is 0 Å². The van der Waals surface area contributed by atoms with Crippen LogP contribution >= 0.6 is 0 Å². The SMILES string of the molecule is CC1(C)CNCc2cc(C(C)(C)C)cc(c2O)CNCCNCc2cc(C(C)(C)C)cc(c2O)CNC1.CCCN1Cc2cc(C(C)(C)C)cc(c2O)CNCC(C)(C)CN(CCC(=O)OC)Cc2cc(C(C)(C)C)cc(c2O)CNCC(C)(C)C1.COC(=O)CCN1Cc2cc(C(C)(C)C)cc(c2O)CNCC(C)(C)CNCc2cc(C(C)(C)C)cc(c2O)CNCC(C)(C)C1.O=C=O.[CH3-].[CH3-].[CH3-].[CH3-].[CH3-].[CH3-].[Ni+3].[Ni+3].[Ni+3].[Ni+3].[Ni+3].[Ni+3]. The molecule has 0 unspecified atom stereocenters. The standard InChI is InChI=1S/C41H68N4O4.C38H62N4O4.C31H50N4O2.CO2.6CH3.6Ni/c1-13-15-44-23-31-19-33(38(2,3)4)17-29(36(31)47)21-43-26-41(10,11)28-45(16-14-35(46)49-12)24-32-20-34(39(5,6)7)18-30(37(32)48)22-42-25-40(8,9)27-44;1-35(2,3)30-14-26-18-39-22-37(7,8)23-40-20-28-16-31(36(4,5)6)17-29(34(28)45)21-42(13-12-32(43)46-11)25-38(9,10)24-41-19-27(15-30)33(26)44;1-29(2,3)25-11-21-15-32-9-10-33-16-22-12-26(30(4,5)6)14-24(28(22)37)18-35-20-31(7,8)19-34-17-23(13-25)27(21)36;2-1-3;;;;;;;;;;;;/h17-20,42-43,47-48H,13-16,21-28H2,1-12H3;14-17,39-41,44-45H,12-13,18-25H2,1-11H3;11-14,32-37H,9-10,15-20H2,1-8H3;;6*1H3;;;;;;/q;;;;6*-1;6*+3. The molecule has 3 heterocycles. The van der Waals surface area contributed by atoms with Crippen molar-refractivity contribution in [3.8, 4) is 34.5 Å². The predicted molar refractivity (Wildman–Crippen MR) is 588 cm³/mol. The Morgan fingerprint density at radius 3 is 0.599 bits per heavy atom. The Morgan fingerprint density at radius 1 is 0.286 bits per heavy atom. The van der Waals surface area contributed by atoms with E-state index in [0.717, 1.165) is 132 Å². The second kappa shape index (κ2) is 67.7. The Hall–Kier alpha value is -5.08. The minimum absolute atomic E-state index is 0. The summed E-state index contributed by atoms with van der Waals surface area (Å²) in [5, 5.41) is 101. The Kier molecular flexibility index (Phi) is 71.3. The Balaban J connectivity index is -0.000000382. The van der Waals surface area contributed by atoms with Crippen molar-refractivity contribution in [3.05, 3.63) is 217 Å². The van der Waals surface area contributed by atoms with Gasteiger partial charge in [0.25, 0.3) is 0 Å². The third kappa shape index (κ3) is 51.9. The van der Waals surface area contributed by atoms with Crippen LogP contribution in [0.15, 0.2) is 72.8 Å². The number of nitrogens with zero attached hydrogens (tertiary/aromatic N) is 3. The van der Waals surface area contributed by atoms with Crippen molar-refractivity contribution in [2.75, 3.05) is 112 Å². The van der Waals surface area contributed by atoms with Crippen molar-refractivity contribution in [1.29, 1.82) is 0 Å². The van der Waals surface area contributed by atoms with Crippen LogP contribution in [-0.4, -0.2) is 176 Å². The first-order valence-corrected chi connectivity index (χ1v) is 49.2. The molecule has 6 aromatic rings. The van der Waals surface area contributed by atoms with Crippen LogP contribution in [0.1, 0.15) is 320 Å². The van der Waals surface area contributed by atoms with E-state index in [9.17, 15) is 40.2 Å². The van der Waals surface area contributed by atoms with Crippen LogP contribution in [0.2, 0.25) is 0 Å². The Bertz CT molecular complexity index is 4800. The first kappa shape index (κ1) is 155. The minimum atomic E-state index is -0.248. The van der Waals surface area contributed by atoms with E-state index in [1.807, 2.05) is 0 Å². The van der Waals surface area contributed by atoms with Gasteiger partial charge in [0.05, 0.1) is 27.1 Å². The molecule has 0 saturated carbocycles. The van der Waals surface area contributed by atoms with Crippen LogP contribution < -0.4 is 47.9 Å². The molecule has 15 N–H and O–H groups in total. The number of fused-ring (bicyclic) bond motifs is 12. The maximum atomic E-state index is 12.3. The van der Waals surface area contributed by atoms with E-state index >= 15 is 0 Å². The molecule has 30 heteroatoms. The van der Waals surface area contributed by atoms with E-state index in [1.165, 1.54) is 47.6 Å². The molecular weight excluding hydrogens is 2120 g/mol. The smallest absolute Gasteiger partial charge is 0.507 e. The average molecular weight is 2320 g/mol. The second-order valence-corrected chi connectivity index (χ2v) is 48.6. The van der Waals surface area contributed by atoms with Crippen LogP contribution in [0, 0.1) is 71.6 Å². The van der Waals surface area contributed by atoms with Crippen molar-refractivity contribution in [1.82, 2.24) is 62.6 Å². The summed E-state index contributed by atoms with van der Waals surface area (Å²) in [4.78, 5) is 47.7. The number of phenols is 6. The summed E-state index contributed by atoms with van der Waals surface area (Å²) in [7, 11) is 2.85. The van der Waals surface area contributed by atoms with Gasteiger partial charge in [0, 0.05) is 237 Å². The van der Waals surface area contributed by atoms with E-state index in [1.54, 1.807) is 0 Å². The number of phenolic OH excluding ortho intramolecular Hbond substituents is 6. The van der Waals surface area contributed by atoms with Gasteiger partial charge in [0.2, 0.25) is 0 Å². The monoisotopic (exact) mass is 2310 g/mol. The number of nitrogens with one attached hydrogen (secondary N) is 9. The maximum absolute atomic E-state index is 12.3. The summed E-state index contributed by atoms with van der Waals surface area (Å²) >= 11 is 0. The molecule has 12 bridgehead atoms. The number of methoxy groups -OCH3 is 2. The van der Waals surface area contributed by atoms with E-state index in [-0.39, 0.29) is 234 Å². The van der Waals surface area contributed by atoms with Crippen molar-refractivity contribution in [3.63, 3.8) is 0 Å². The molecule has 846 valence electrons. The van der Waals surface area contributed by atoms with Crippen molar-refractivity contribution >= 4 is 18.1 Å². The van der Waals surface area contributed by atoms with Gasteiger partial charge in [-0.25, -0.2) is 0 Å². The zero-order chi connectivity index (χ0) is 101. The molecule has 9 rings (SSSR count). The summed E-state index contributed by atoms with van der Waals surface area (Å²) in [5.41, 5.74) is 17.4. The van der Waals surface area contributed by atoms with Gasteiger partial charge in [-0.05, 0) is 106 Å². The summed E-state index contributed by atoms with van der Waals surface area (Å²) < 4.78 is 9.98. The first-order valence-electron chi connectivity index (χ1n) is 49.2. The molecule has 0 aliphatic carbocycles. The van der Waals surface area contributed by atoms with Gasteiger partial charge in [-0.15, -0.1) is 0 Å². The van der Waals surface area contributed by atoms with Crippen LogP contribution in [0.4, 0.5) is 0 Å². The van der Waals surface area contributed by atoms with Gasteiger partial charge in [0.15, 0.2) is 0 Å². The molecule has 0 fully saturated rings. The van der Waals surface area contributed by atoms with Crippen LogP contribution in [0.25, 0.3) is 0 Å². The Labute approximate surface area is 953 Å². The number of esters is 2. The molecule has 0 saturated heterocycles. The molecule has 24 nitrogen and oxygen atoms in total. The van der Waals surface area contributed by atoms with Gasteiger partial charge in [0.1, 0.15) is 34.5 Å². The summed E-state index contributed by atoms with van der Waals surface area (Å²) in [5.74, 6) is 1.63. The third-order valence-corrected chi connectivity index (χ3v) is 25.7. The van der Waals surface area contributed by atoms with E-state index in [0.29, 0.717) is 152 Å². The molecule has 147 heavy (non-hydrogen) atoms. The normalized spacial score (nSPS) is 16.9. The van der Waals surface area contributed by atoms with Crippen molar-refractivity contribution < 1.29 is 158 Å². The molecule has 0 aromatic heterocycles. The molecule has 3 aliphatic heterocycles. The van der Waals surface area contributed by atoms with Gasteiger partial charge < -0.3 is 133 Å². The number of rotatable bonds is 8. The molecule has 3 aliphatic rings. The van der Waals surface area contributed by atoms with E-state index < -0.39 is 0 Å². The Morgan fingerprint density at radius 2 is 0.435 bits per heavy atom. The van der Waals surface area contributed by atoms with Gasteiger partial charge in [-0.2, -0.15) is 9.59 Å². The topological polar surface area (TPSA) is 326 Å². The molecule has 0 spiro atoms. The van der Waals surface area contributed by atoms with E-state index in [4.69, 9.17) is 19.1 Å². The minimum Gasteiger partial charge on any atom is -0.507 e. The predicted octanol–water partition coefficient (Wildman–Crippen LogP) is 20.2. The van der Waals surface area contributed by atoms with Crippen molar-refractivity contribution in [2.45, 2.75) is 331 Å².